The fourth-order valence-corrected chi connectivity index (χ4v) is 12.4. The van der Waals surface area contributed by atoms with E-state index in [0.29, 0.717) is 17.1 Å². The van der Waals surface area contributed by atoms with Gasteiger partial charge in [0.05, 0.1) is 46.4 Å². The van der Waals surface area contributed by atoms with Gasteiger partial charge in [0.1, 0.15) is 0 Å². The molecule has 53 heavy (non-hydrogen) atoms. The molecular formula is C41H28F4N2O3S3. The molecule has 266 valence electrons. The van der Waals surface area contributed by atoms with Crippen LogP contribution >= 0.6 is 34.0 Å². The fraction of sp³-hybridized carbons (Fsp3) is 0.244. The van der Waals surface area contributed by atoms with Gasteiger partial charge in [-0.3, -0.25) is 14.4 Å². The maximum absolute atomic E-state index is 14.1. The Kier molecular flexibility index (Phi) is 7.11. The first-order valence-electron chi connectivity index (χ1n) is 17.5. The topological polar surface area (TPSA) is 61.1 Å². The van der Waals surface area contributed by atoms with Crippen LogP contribution in [-0.4, -0.2) is 26.5 Å². The zero-order valence-electron chi connectivity index (χ0n) is 28.6. The van der Waals surface area contributed by atoms with E-state index in [4.69, 9.17) is 0 Å². The number of thiophene rings is 3. The van der Waals surface area contributed by atoms with Crippen LogP contribution in [0.1, 0.15) is 91.5 Å². The van der Waals surface area contributed by atoms with Gasteiger partial charge in [-0.2, -0.15) is 0 Å². The average Bonchev–Trinajstić information content (AvgIpc) is 3.96. The molecule has 1 aliphatic heterocycles. The molecule has 0 fully saturated rings. The van der Waals surface area contributed by atoms with Crippen molar-refractivity contribution in [3.05, 3.63) is 102 Å². The highest BCUT2D eigenvalue weighted by Gasteiger charge is 2.37. The number of aryl methyl sites for hydroxylation is 2. The van der Waals surface area contributed by atoms with E-state index in [9.17, 15) is 31.9 Å². The van der Waals surface area contributed by atoms with E-state index in [2.05, 4.69) is 36.0 Å². The lowest BCUT2D eigenvalue weighted by Crippen LogP contribution is -2.11. The van der Waals surface area contributed by atoms with Crippen molar-refractivity contribution in [2.75, 3.05) is 0 Å². The Morgan fingerprint density at radius 1 is 0.755 bits per heavy atom. The summed E-state index contributed by atoms with van der Waals surface area (Å²) >= 11 is 4.87. The highest BCUT2D eigenvalue weighted by atomic mass is 32.1. The number of Topliss-reactive ketones (excluding diaryl/α,β-unsaturated/α-hetero) is 3. The molecule has 0 spiro atoms. The summed E-state index contributed by atoms with van der Waals surface area (Å²) in [5.41, 5.74) is 6.51. The molecule has 1 atom stereocenters. The summed E-state index contributed by atoms with van der Waals surface area (Å²) in [7, 11) is 0. The highest BCUT2D eigenvalue weighted by Crippen LogP contribution is 2.53. The van der Waals surface area contributed by atoms with Gasteiger partial charge in [-0.25, -0.2) is 17.6 Å². The van der Waals surface area contributed by atoms with Gasteiger partial charge >= 0.3 is 0 Å². The minimum Gasteiger partial charge on any atom is -0.337 e. The first-order valence-corrected chi connectivity index (χ1v) is 19.9. The van der Waals surface area contributed by atoms with E-state index < -0.39 is 34.8 Å². The zero-order chi connectivity index (χ0) is 36.8. The van der Waals surface area contributed by atoms with Crippen molar-refractivity contribution in [2.24, 2.45) is 5.92 Å². The monoisotopic (exact) mass is 768 g/mol. The first kappa shape index (κ1) is 33.0. The third-order valence-electron chi connectivity index (χ3n) is 11.0. The maximum Gasteiger partial charge on any atom is 0.197 e. The van der Waals surface area contributed by atoms with Crippen LogP contribution in [0.5, 0.6) is 0 Å². The van der Waals surface area contributed by atoms with Crippen molar-refractivity contribution < 1.29 is 31.9 Å². The number of benzene rings is 2. The smallest absolute Gasteiger partial charge is 0.197 e. The van der Waals surface area contributed by atoms with E-state index in [1.807, 2.05) is 6.08 Å². The van der Waals surface area contributed by atoms with Crippen LogP contribution in [-0.2, 0) is 19.5 Å². The molecule has 0 bridgehead atoms. The Labute approximate surface area is 311 Å². The van der Waals surface area contributed by atoms with Crippen LogP contribution in [0.25, 0.3) is 53.0 Å². The SMILES string of the molecule is CC(C)CCn1c2cc(/C=C3\Cc4cc(F)c(F)cc4C3=O)sc2c2sc3c4sc(C=C5C(=O)c6cc(F)c(F)cc6C5=O)c5c4n(c3c21)CCC5C. The Morgan fingerprint density at radius 2 is 1.40 bits per heavy atom. The predicted molar refractivity (Wildman–Crippen MR) is 204 cm³/mol. The van der Waals surface area contributed by atoms with Gasteiger partial charge < -0.3 is 9.13 Å². The van der Waals surface area contributed by atoms with E-state index >= 15 is 0 Å². The van der Waals surface area contributed by atoms with Gasteiger partial charge in [-0.05, 0) is 78.3 Å². The Morgan fingerprint density at radius 3 is 2.09 bits per heavy atom. The molecule has 2 aliphatic carbocycles. The molecule has 0 saturated carbocycles. The largest absolute Gasteiger partial charge is 0.337 e. The molecule has 12 heteroatoms. The summed E-state index contributed by atoms with van der Waals surface area (Å²) < 4.78 is 65.3. The second-order valence-corrected chi connectivity index (χ2v) is 17.8. The number of carbonyl (C=O) groups is 3. The van der Waals surface area contributed by atoms with Crippen LogP contribution in [0.4, 0.5) is 17.6 Å². The molecule has 6 heterocycles. The molecule has 0 N–H and O–H groups in total. The quantitative estimate of drug-likeness (QED) is 0.0995. The van der Waals surface area contributed by atoms with Crippen molar-refractivity contribution >= 4 is 104 Å². The molecule has 0 radical (unpaired) electrons. The molecule has 2 aromatic carbocycles. The summed E-state index contributed by atoms with van der Waals surface area (Å²) in [4.78, 5) is 41.6. The second kappa shape index (κ2) is 11.4. The molecule has 1 unspecified atom stereocenters. The van der Waals surface area contributed by atoms with Crippen molar-refractivity contribution in [1.29, 1.82) is 0 Å². The fourth-order valence-electron chi connectivity index (χ4n) is 8.33. The molecular weight excluding hydrogens is 741 g/mol. The molecule has 10 rings (SSSR count). The molecule has 0 amide bonds. The van der Waals surface area contributed by atoms with Crippen molar-refractivity contribution in [3.8, 4) is 0 Å². The lowest BCUT2D eigenvalue weighted by Gasteiger charge is -2.21. The number of rotatable bonds is 5. The summed E-state index contributed by atoms with van der Waals surface area (Å²) in [6.45, 7) is 8.15. The number of allylic oxidation sites excluding steroid dienone is 2. The highest BCUT2D eigenvalue weighted by molar-refractivity contribution is 7.34. The number of fused-ring (bicyclic) bond motifs is 9. The molecule has 5 nitrogen and oxygen atoms in total. The molecule has 3 aliphatic rings. The van der Waals surface area contributed by atoms with Crippen molar-refractivity contribution in [2.45, 2.75) is 59.0 Å². The average molecular weight is 769 g/mol. The summed E-state index contributed by atoms with van der Waals surface area (Å²) in [5.74, 6) is -5.16. The van der Waals surface area contributed by atoms with E-state index in [1.54, 1.807) is 40.1 Å². The summed E-state index contributed by atoms with van der Waals surface area (Å²) in [6, 6.07) is 5.85. The summed E-state index contributed by atoms with van der Waals surface area (Å²) in [5, 5.41) is 0. The number of hydrogen-bond acceptors (Lipinski definition) is 6. The minimum atomic E-state index is -1.16. The Hall–Kier alpha value is -4.65. The van der Waals surface area contributed by atoms with Crippen LogP contribution < -0.4 is 0 Å². The zero-order valence-corrected chi connectivity index (χ0v) is 31.0. The predicted octanol–water partition coefficient (Wildman–Crippen LogP) is 11.5. The number of carbonyl (C=O) groups excluding carboxylic acids is 3. The Balaban J connectivity index is 1.14. The van der Waals surface area contributed by atoms with Crippen molar-refractivity contribution in [1.82, 2.24) is 9.13 Å². The lowest BCUT2D eigenvalue weighted by molar-refractivity contribution is 0.0988. The standard InChI is InChI=1S/C41H28F4N2O3S3/c1-16(2)4-6-46-29-11-20(9-19-8-18-10-25(42)26(43)12-21(18)35(19)48)51-38(29)40-33(46)34-41(53-40)39-32-31(17(3)5-7-47(32)34)30(52-39)15-24-36(49)22-13-27(44)28(45)14-23(22)37(24)50/h9-17H,4-8H2,1-3H3/b19-9+. The second-order valence-electron chi connectivity index (χ2n) is 14.7. The number of aromatic nitrogens is 2. The number of hydrogen-bond donors (Lipinski definition) is 0. The molecule has 0 saturated heterocycles. The van der Waals surface area contributed by atoms with Gasteiger partial charge in [0.15, 0.2) is 40.6 Å². The third-order valence-corrected chi connectivity index (χ3v) is 14.7. The number of nitrogens with zero attached hydrogens (tertiary/aromatic N) is 2. The molecule has 5 aromatic heterocycles. The van der Waals surface area contributed by atoms with Gasteiger partial charge in [0.25, 0.3) is 0 Å². The lowest BCUT2D eigenvalue weighted by atomic mass is 9.93. The van der Waals surface area contributed by atoms with Gasteiger partial charge in [0, 0.05) is 51.5 Å². The van der Waals surface area contributed by atoms with Crippen LogP contribution in [0.2, 0.25) is 0 Å². The van der Waals surface area contributed by atoms with Crippen LogP contribution in [0.3, 0.4) is 0 Å². The van der Waals surface area contributed by atoms with Gasteiger partial charge in [0.2, 0.25) is 0 Å². The van der Waals surface area contributed by atoms with Crippen LogP contribution in [0.15, 0.2) is 41.5 Å². The maximum atomic E-state index is 14.1. The molecule has 7 aromatic rings. The van der Waals surface area contributed by atoms with Gasteiger partial charge in [-0.1, -0.05) is 20.8 Å². The third kappa shape index (κ3) is 4.61. The van der Waals surface area contributed by atoms with Crippen LogP contribution in [0, 0.1) is 29.2 Å². The van der Waals surface area contributed by atoms with E-state index in [-0.39, 0.29) is 40.4 Å². The van der Waals surface area contributed by atoms with E-state index in [1.165, 1.54) is 11.0 Å². The first-order chi connectivity index (χ1) is 25.4. The van der Waals surface area contributed by atoms with Crippen molar-refractivity contribution in [3.63, 3.8) is 0 Å². The number of halogens is 4. The van der Waals surface area contributed by atoms with E-state index in [0.717, 1.165) is 95.3 Å². The summed E-state index contributed by atoms with van der Waals surface area (Å²) in [6.07, 6.45) is 5.54. The minimum absolute atomic E-state index is 0.0803. The number of ketones is 3. The van der Waals surface area contributed by atoms with Gasteiger partial charge in [-0.15, -0.1) is 34.0 Å². The normalized spacial score (nSPS) is 17.7. The Bertz CT molecular complexity index is 2890.